The second-order valence-corrected chi connectivity index (χ2v) is 3.91. The zero-order valence-electron chi connectivity index (χ0n) is 9.98. The van der Waals surface area contributed by atoms with Crippen molar-refractivity contribution in [1.29, 1.82) is 5.41 Å². The molecule has 1 unspecified atom stereocenters. The van der Waals surface area contributed by atoms with Crippen molar-refractivity contribution in [2.24, 2.45) is 11.7 Å². The van der Waals surface area contributed by atoms with Gasteiger partial charge in [-0.2, -0.15) is 0 Å². The van der Waals surface area contributed by atoms with Crippen LogP contribution in [0.15, 0.2) is 30.3 Å². The third-order valence-electron chi connectivity index (χ3n) is 2.59. The minimum Gasteiger partial charge on any atom is -0.461 e. The van der Waals surface area contributed by atoms with Crippen LogP contribution in [0.1, 0.15) is 25.3 Å². The van der Waals surface area contributed by atoms with Gasteiger partial charge in [-0.15, -0.1) is 0 Å². The summed E-state index contributed by atoms with van der Waals surface area (Å²) in [6, 6.07) is 9.50. The van der Waals surface area contributed by atoms with E-state index >= 15 is 0 Å². The highest BCUT2D eigenvalue weighted by molar-refractivity contribution is 5.84. The Hall–Kier alpha value is -1.84. The zero-order valence-corrected chi connectivity index (χ0v) is 9.98. The summed E-state index contributed by atoms with van der Waals surface area (Å²) in [7, 11) is 0. The molecule has 0 radical (unpaired) electrons. The first-order valence-electron chi connectivity index (χ1n) is 5.67. The van der Waals surface area contributed by atoms with Crippen molar-refractivity contribution in [3.05, 3.63) is 35.9 Å². The fraction of sp³-hybridized carbons (Fsp3) is 0.385. The summed E-state index contributed by atoms with van der Waals surface area (Å²) in [5, 5.41) is 7.31. The van der Waals surface area contributed by atoms with Gasteiger partial charge in [0.1, 0.15) is 6.61 Å². The van der Waals surface area contributed by atoms with Gasteiger partial charge in [-0.3, -0.25) is 10.2 Å². The Kier molecular flexibility index (Phi) is 5.20. The fourth-order valence-corrected chi connectivity index (χ4v) is 1.47. The Morgan fingerprint density at radius 2 is 2.06 bits per heavy atom. The summed E-state index contributed by atoms with van der Waals surface area (Å²) in [5.74, 6) is -0.474. The Morgan fingerprint density at radius 3 is 2.59 bits per heavy atom. The molecule has 4 heteroatoms. The van der Waals surface area contributed by atoms with E-state index in [0.29, 0.717) is 6.42 Å². The standard InChI is InChI=1S/C13H18N2O2/c1-2-11(13(14)15)8-12(16)17-9-10-6-4-3-5-7-10/h3-7,11H,2,8-9H2,1H3,(H3,14,15). The fourth-order valence-electron chi connectivity index (χ4n) is 1.47. The molecule has 0 aliphatic rings. The maximum atomic E-state index is 11.5. The number of hydrogen-bond acceptors (Lipinski definition) is 3. The molecule has 0 fully saturated rings. The van der Waals surface area contributed by atoms with Crippen LogP contribution in [0.2, 0.25) is 0 Å². The number of carbonyl (C=O) groups is 1. The van der Waals surface area contributed by atoms with E-state index in [0.717, 1.165) is 5.56 Å². The topological polar surface area (TPSA) is 76.2 Å². The summed E-state index contributed by atoms with van der Waals surface area (Å²) >= 11 is 0. The number of benzene rings is 1. The lowest BCUT2D eigenvalue weighted by atomic mass is 10.0. The van der Waals surface area contributed by atoms with Crippen LogP contribution in [0.5, 0.6) is 0 Å². The van der Waals surface area contributed by atoms with Crippen molar-refractivity contribution in [3.63, 3.8) is 0 Å². The van der Waals surface area contributed by atoms with Crippen molar-refractivity contribution >= 4 is 11.8 Å². The summed E-state index contributed by atoms with van der Waals surface area (Å²) in [5.41, 5.74) is 6.33. The number of nitrogens with two attached hydrogens (primary N) is 1. The van der Waals surface area contributed by atoms with E-state index in [1.165, 1.54) is 0 Å². The second kappa shape index (κ2) is 6.68. The van der Waals surface area contributed by atoms with Crippen LogP contribution in [0.3, 0.4) is 0 Å². The summed E-state index contributed by atoms with van der Waals surface area (Å²) in [4.78, 5) is 11.5. The van der Waals surface area contributed by atoms with Gasteiger partial charge in [0, 0.05) is 5.92 Å². The molecule has 1 rings (SSSR count). The van der Waals surface area contributed by atoms with Gasteiger partial charge in [0.25, 0.3) is 0 Å². The number of rotatable bonds is 6. The van der Waals surface area contributed by atoms with E-state index in [1.807, 2.05) is 37.3 Å². The van der Waals surface area contributed by atoms with Crippen molar-refractivity contribution in [2.75, 3.05) is 0 Å². The predicted octanol–water partition coefficient (Wildman–Crippen LogP) is 2.08. The molecule has 0 aliphatic heterocycles. The number of ether oxygens (including phenoxy) is 1. The van der Waals surface area contributed by atoms with E-state index in [1.54, 1.807) is 0 Å². The lowest BCUT2D eigenvalue weighted by molar-refractivity contribution is -0.145. The van der Waals surface area contributed by atoms with Crippen molar-refractivity contribution in [1.82, 2.24) is 0 Å². The van der Waals surface area contributed by atoms with Crippen LogP contribution in [-0.4, -0.2) is 11.8 Å². The SMILES string of the molecule is CCC(CC(=O)OCc1ccccc1)C(=N)N. The third kappa shape index (κ3) is 4.68. The molecule has 1 aromatic carbocycles. The van der Waals surface area contributed by atoms with Crippen LogP contribution in [0, 0.1) is 11.3 Å². The molecule has 0 amide bonds. The molecule has 0 aliphatic carbocycles. The molecule has 1 aromatic rings. The average molecular weight is 234 g/mol. The van der Waals surface area contributed by atoms with E-state index in [9.17, 15) is 4.79 Å². The van der Waals surface area contributed by atoms with Crippen LogP contribution >= 0.6 is 0 Å². The average Bonchev–Trinajstić information content (AvgIpc) is 2.34. The minimum absolute atomic E-state index is 0.0455. The molecule has 92 valence electrons. The molecular formula is C13H18N2O2. The van der Waals surface area contributed by atoms with Gasteiger partial charge in [0.05, 0.1) is 12.3 Å². The van der Waals surface area contributed by atoms with Crippen LogP contribution in [-0.2, 0) is 16.1 Å². The van der Waals surface area contributed by atoms with Gasteiger partial charge < -0.3 is 10.5 Å². The van der Waals surface area contributed by atoms with Crippen LogP contribution in [0.4, 0.5) is 0 Å². The number of amidine groups is 1. The third-order valence-corrected chi connectivity index (χ3v) is 2.59. The Bertz CT molecular complexity index is 376. The molecule has 1 atom stereocenters. The van der Waals surface area contributed by atoms with Crippen LogP contribution < -0.4 is 5.73 Å². The number of hydrogen-bond donors (Lipinski definition) is 2. The van der Waals surface area contributed by atoms with E-state index in [-0.39, 0.29) is 30.8 Å². The monoisotopic (exact) mass is 234 g/mol. The molecule has 0 saturated heterocycles. The molecule has 0 spiro atoms. The van der Waals surface area contributed by atoms with Crippen molar-refractivity contribution in [2.45, 2.75) is 26.4 Å². The highest BCUT2D eigenvalue weighted by Crippen LogP contribution is 2.10. The highest BCUT2D eigenvalue weighted by Gasteiger charge is 2.15. The highest BCUT2D eigenvalue weighted by atomic mass is 16.5. The largest absolute Gasteiger partial charge is 0.461 e. The van der Waals surface area contributed by atoms with Gasteiger partial charge in [-0.25, -0.2) is 0 Å². The number of carbonyl (C=O) groups excluding carboxylic acids is 1. The van der Waals surface area contributed by atoms with Gasteiger partial charge >= 0.3 is 5.97 Å². The van der Waals surface area contributed by atoms with Gasteiger partial charge in [0.15, 0.2) is 0 Å². The van der Waals surface area contributed by atoms with E-state index in [2.05, 4.69) is 0 Å². The summed E-state index contributed by atoms with van der Waals surface area (Å²) in [6.45, 7) is 2.17. The Balaban J connectivity index is 2.37. The molecule has 4 nitrogen and oxygen atoms in total. The second-order valence-electron chi connectivity index (χ2n) is 3.91. The normalized spacial score (nSPS) is 11.8. The predicted molar refractivity (Wildman–Crippen MR) is 66.6 cm³/mol. The van der Waals surface area contributed by atoms with Crippen molar-refractivity contribution in [3.8, 4) is 0 Å². The first kappa shape index (κ1) is 13.2. The lowest BCUT2D eigenvalue weighted by Gasteiger charge is -2.12. The molecule has 0 saturated carbocycles. The van der Waals surface area contributed by atoms with Crippen molar-refractivity contribution < 1.29 is 9.53 Å². The molecule has 3 N–H and O–H groups in total. The van der Waals surface area contributed by atoms with Crippen LogP contribution in [0.25, 0.3) is 0 Å². The molecular weight excluding hydrogens is 216 g/mol. The quantitative estimate of drug-likeness (QED) is 0.449. The maximum absolute atomic E-state index is 11.5. The van der Waals surface area contributed by atoms with Gasteiger partial charge in [-0.05, 0) is 12.0 Å². The molecule has 0 bridgehead atoms. The van der Waals surface area contributed by atoms with Gasteiger partial charge in [0.2, 0.25) is 0 Å². The Morgan fingerprint density at radius 1 is 1.41 bits per heavy atom. The molecule has 17 heavy (non-hydrogen) atoms. The van der Waals surface area contributed by atoms with Gasteiger partial charge in [-0.1, -0.05) is 37.3 Å². The Labute approximate surface area is 101 Å². The smallest absolute Gasteiger partial charge is 0.306 e. The molecule has 0 heterocycles. The number of esters is 1. The first-order chi connectivity index (χ1) is 8.13. The lowest BCUT2D eigenvalue weighted by Crippen LogP contribution is -2.25. The van der Waals surface area contributed by atoms with E-state index < -0.39 is 0 Å². The summed E-state index contributed by atoms with van der Waals surface area (Å²) in [6.07, 6.45) is 0.856. The molecule has 0 aromatic heterocycles. The summed E-state index contributed by atoms with van der Waals surface area (Å²) < 4.78 is 5.12. The first-order valence-corrected chi connectivity index (χ1v) is 5.67. The maximum Gasteiger partial charge on any atom is 0.306 e. The number of nitrogens with one attached hydrogen (secondary N) is 1. The zero-order chi connectivity index (χ0) is 12.7. The van der Waals surface area contributed by atoms with E-state index in [4.69, 9.17) is 15.9 Å². The minimum atomic E-state index is -0.309.